The summed E-state index contributed by atoms with van der Waals surface area (Å²) in [4.78, 5) is 21.7. The van der Waals surface area contributed by atoms with Gasteiger partial charge in [0.2, 0.25) is 5.91 Å². The molecule has 1 rings (SSSR count). The minimum absolute atomic E-state index is 0.00352. The van der Waals surface area contributed by atoms with Crippen LogP contribution in [0.15, 0.2) is 24.3 Å². The molecule has 2 amide bonds. The minimum Gasteiger partial charge on any atom is -0.508 e. The quantitative estimate of drug-likeness (QED) is 0.665. The van der Waals surface area contributed by atoms with E-state index in [1.807, 2.05) is 0 Å². The Morgan fingerprint density at radius 1 is 1.38 bits per heavy atom. The average molecular weight is 179 g/mol. The van der Waals surface area contributed by atoms with Crippen molar-refractivity contribution < 1.29 is 14.7 Å². The van der Waals surface area contributed by atoms with Crippen molar-refractivity contribution in [2.75, 3.05) is 0 Å². The van der Waals surface area contributed by atoms with Crippen LogP contribution in [0, 0.1) is 0 Å². The van der Waals surface area contributed by atoms with Crippen LogP contribution >= 0.6 is 0 Å². The number of hydrogen-bond acceptors (Lipinski definition) is 3. The number of benzene rings is 1. The van der Waals surface area contributed by atoms with E-state index in [1.165, 1.54) is 31.2 Å². The summed E-state index contributed by atoms with van der Waals surface area (Å²) in [5.74, 6) is -0.937. The van der Waals surface area contributed by atoms with Crippen molar-refractivity contribution in [3.05, 3.63) is 29.8 Å². The molecule has 0 fully saturated rings. The molecule has 1 aromatic rings. The molecule has 0 unspecified atom stereocenters. The van der Waals surface area contributed by atoms with Crippen molar-refractivity contribution in [1.82, 2.24) is 5.32 Å². The van der Waals surface area contributed by atoms with Crippen molar-refractivity contribution >= 4 is 11.8 Å². The smallest absolute Gasteiger partial charge is 0.257 e. The van der Waals surface area contributed by atoms with Crippen LogP contribution in [0.2, 0.25) is 0 Å². The predicted octanol–water partition coefficient (Wildman–Crippen LogP) is 0.669. The molecule has 0 aromatic heterocycles. The van der Waals surface area contributed by atoms with Gasteiger partial charge in [0.15, 0.2) is 0 Å². The molecule has 2 N–H and O–H groups in total. The number of rotatable bonds is 1. The van der Waals surface area contributed by atoms with Gasteiger partial charge in [0, 0.05) is 12.5 Å². The van der Waals surface area contributed by atoms with E-state index in [0.29, 0.717) is 0 Å². The summed E-state index contributed by atoms with van der Waals surface area (Å²) in [5.41, 5.74) is 0.259. The first-order valence-corrected chi connectivity index (χ1v) is 3.70. The number of phenols is 1. The number of phenolic OH excluding ortho intramolecular Hbond substituents is 1. The molecule has 0 aliphatic rings. The summed E-state index contributed by atoms with van der Waals surface area (Å²) in [6, 6.07) is 5.78. The first kappa shape index (κ1) is 9.25. The van der Waals surface area contributed by atoms with Gasteiger partial charge in [-0.05, 0) is 18.2 Å². The molecule has 0 saturated heterocycles. The normalized spacial score (nSPS) is 9.31. The fourth-order valence-corrected chi connectivity index (χ4v) is 0.879. The van der Waals surface area contributed by atoms with Gasteiger partial charge in [0.1, 0.15) is 5.75 Å². The van der Waals surface area contributed by atoms with Crippen LogP contribution in [0.5, 0.6) is 5.75 Å². The molecule has 0 atom stereocenters. The van der Waals surface area contributed by atoms with Crippen LogP contribution in [-0.2, 0) is 4.79 Å². The van der Waals surface area contributed by atoms with Gasteiger partial charge in [-0.1, -0.05) is 6.07 Å². The van der Waals surface area contributed by atoms with Gasteiger partial charge in [-0.2, -0.15) is 0 Å². The lowest BCUT2D eigenvalue weighted by molar-refractivity contribution is -0.118. The van der Waals surface area contributed by atoms with E-state index in [4.69, 9.17) is 5.11 Å². The lowest BCUT2D eigenvalue weighted by Gasteiger charge is -2.00. The molecule has 13 heavy (non-hydrogen) atoms. The van der Waals surface area contributed by atoms with E-state index in [1.54, 1.807) is 0 Å². The fourth-order valence-electron chi connectivity index (χ4n) is 0.879. The van der Waals surface area contributed by atoms with Crippen LogP contribution in [0.4, 0.5) is 0 Å². The Balaban J connectivity index is 2.83. The molecule has 0 aliphatic heterocycles. The molecule has 0 radical (unpaired) electrons. The van der Waals surface area contributed by atoms with Crippen molar-refractivity contribution in [3.8, 4) is 5.75 Å². The summed E-state index contributed by atoms with van der Waals surface area (Å²) >= 11 is 0. The van der Waals surface area contributed by atoms with E-state index in [9.17, 15) is 9.59 Å². The minimum atomic E-state index is -0.511. The Bertz CT molecular complexity index is 346. The molecule has 0 spiro atoms. The monoisotopic (exact) mass is 179 g/mol. The SMILES string of the molecule is CC(=O)NC(=O)c1cccc(O)c1. The van der Waals surface area contributed by atoms with Gasteiger partial charge in [-0.3, -0.25) is 14.9 Å². The zero-order valence-electron chi connectivity index (χ0n) is 7.07. The number of hydrogen-bond donors (Lipinski definition) is 2. The Morgan fingerprint density at radius 2 is 2.08 bits per heavy atom. The lowest BCUT2D eigenvalue weighted by Crippen LogP contribution is -2.27. The Labute approximate surface area is 75.2 Å². The van der Waals surface area contributed by atoms with Crippen LogP contribution in [0.1, 0.15) is 17.3 Å². The summed E-state index contributed by atoms with van der Waals surface area (Å²) < 4.78 is 0. The van der Waals surface area contributed by atoms with Gasteiger partial charge in [-0.15, -0.1) is 0 Å². The largest absolute Gasteiger partial charge is 0.508 e. The molecular formula is C9H9NO3. The van der Waals surface area contributed by atoms with Crippen LogP contribution in [-0.4, -0.2) is 16.9 Å². The highest BCUT2D eigenvalue weighted by molar-refractivity contribution is 6.04. The van der Waals surface area contributed by atoms with E-state index in [-0.39, 0.29) is 11.3 Å². The number of carbonyl (C=O) groups is 2. The maximum absolute atomic E-state index is 11.2. The number of carbonyl (C=O) groups excluding carboxylic acids is 2. The highest BCUT2D eigenvalue weighted by atomic mass is 16.3. The van der Waals surface area contributed by atoms with Crippen LogP contribution < -0.4 is 5.32 Å². The van der Waals surface area contributed by atoms with Crippen molar-refractivity contribution in [1.29, 1.82) is 0 Å². The molecule has 0 heterocycles. The van der Waals surface area contributed by atoms with E-state index < -0.39 is 11.8 Å². The van der Waals surface area contributed by atoms with Gasteiger partial charge in [-0.25, -0.2) is 0 Å². The summed E-state index contributed by atoms with van der Waals surface area (Å²) in [7, 11) is 0. The average Bonchev–Trinajstić information content (AvgIpc) is 2.03. The standard InChI is InChI=1S/C9H9NO3/c1-6(11)10-9(13)7-3-2-4-8(12)5-7/h2-5,12H,1H3,(H,10,11,13). The second-order valence-electron chi connectivity index (χ2n) is 2.56. The second-order valence-corrected chi connectivity index (χ2v) is 2.56. The highest BCUT2D eigenvalue weighted by Gasteiger charge is 2.06. The third-order valence-electron chi connectivity index (χ3n) is 1.40. The van der Waals surface area contributed by atoms with E-state index in [0.717, 1.165) is 0 Å². The molecule has 4 nitrogen and oxygen atoms in total. The predicted molar refractivity (Wildman–Crippen MR) is 46.3 cm³/mol. The van der Waals surface area contributed by atoms with Crippen molar-refractivity contribution in [3.63, 3.8) is 0 Å². The maximum atomic E-state index is 11.2. The summed E-state index contributed by atoms with van der Waals surface area (Å²) in [5, 5.41) is 11.1. The lowest BCUT2D eigenvalue weighted by atomic mass is 10.2. The number of aromatic hydroxyl groups is 1. The van der Waals surface area contributed by atoms with Gasteiger partial charge >= 0.3 is 0 Å². The number of nitrogens with one attached hydrogen (secondary N) is 1. The van der Waals surface area contributed by atoms with Crippen molar-refractivity contribution in [2.24, 2.45) is 0 Å². The third kappa shape index (κ3) is 2.59. The molecule has 0 aliphatic carbocycles. The Morgan fingerprint density at radius 3 is 2.62 bits per heavy atom. The molecule has 68 valence electrons. The summed E-state index contributed by atoms with van der Waals surface area (Å²) in [6.07, 6.45) is 0. The van der Waals surface area contributed by atoms with E-state index >= 15 is 0 Å². The molecule has 0 saturated carbocycles. The second kappa shape index (κ2) is 3.71. The van der Waals surface area contributed by atoms with Crippen molar-refractivity contribution in [2.45, 2.75) is 6.92 Å². The Hall–Kier alpha value is -1.84. The first-order valence-electron chi connectivity index (χ1n) is 3.70. The number of imide groups is 1. The number of amides is 2. The highest BCUT2D eigenvalue weighted by Crippen LogP contribution is 2.10. The molecular weight excluding hydrogens is 170 g/mol. The zero-order chi connectivity index (χ0) is 9.84. The van der Waals surface area contributed by atoms with Gasteiger partial charge in [0.05, 0.1) is 0 Å². The van der Waals surface area contributed by atoms with E-state index in [2.05, 4.69) is 5.32 Å². The van der Waals surface area contributed by atoms with Crippen LogP contribution in [0.3, 0.4) is 0 Å². The fraction of sp³-hybridized carbons (Fsp3) is 0.111. The zero-order valence-corrected chi connectivity index (χ0v) is 7.07. The van der Waals surface area contributed by atoms with Crippen LogP contribution in [0.25, 0.3) is 0 Å². The Kier molecular flexibility index (Phi) is 2.64. The maximum Gasteiger partial charge on any atom is 0.257 e. The van der Waals surface area contributed by atoms with Gasteiger partial charge in [0.25, 0.3) is 5.91 Å². The molecule has 1 aromatic carbocycles. The first-order chi connectivity index (χ1) is 6.09. The molecule has 0 bridgehead atoms. The summed E-state index contributed by atoms with van der Waals surface area (Å²) in [6.45, 7) is 1.25. The van der Waals surface area contributed by atoms with Gasteiger partial charge < -0.3 is 5.11 Å². The molecule has 4 heteroatoms. The third-order valence-corrected chi connectivity index (χ3v) is 1.40. The topological polar surface area (TPSA) is 66.4 Å².